The summed E-state index contributed by atoms with van der Waals surface area (Å²) in [6.07, 6.45) is 0. The van der Waals surface area contributed by atoms with Crippen molar-refractivity contribution in [2.45, 2.75) is 22.9 Å². The summed E-state index contributed by atoms with van der Waals surface area (Å²) in [5.41, 5.74) is 4.88. The lowest BCUT2D eigenvalue weighted by atomic mass is 10.2. The van der Waals surface area contributed by atoms with E-state index in [9.17, 15) is 0 Å². The van der Waals surface area contributed by atoms with Crippen LogP contribution in [-0.4, -0.2) is 0 Å². The number of anilines is 2. The van der Waals surface area contributed by atoms with Crippen LogP contribution in [0.4, 0.5) is 11.4 Å². The SMILES string of the molecule is c1ccc(CNc2ccccc2SSc2ccccc2NCc2ccccc2)cc1. The molecule has 0 radical (unpaired) electrons. The van der Waals surface area contributed by atoms with Gasteiger partial charge >= 0.3 is 0 Å². The van der Waals surface area contributed by atoms with Gasteiger partial charge in [0.25, 0.3) is 0 Å². The van der Waals surface area contributed by atoms with Crippen molar-refractivity contribution in [3.8, 4) is 0 Å². The minimum absolute atomic E-state index is 0.818. The molecule has 4 aromatic carbocycles. The fourth-order valence-corrected chi connectivity index (χ4v) is 5.37. The van der Waals surface area contributed by atoms with Crippen molar-refractivity contribution < 1.29 is 0 Å². The van der Waals surface area contributed by atoms with Crippen molar-refractivity contribution in [1.82, 2.24) is 0 Å². The Kier molecular flexibility index (Phi) is 7.37. The quantitative estimate of drug-likeness (QED) is 0.267. The first-order chi connectivity index (χ1) is 14.9. The standard InChI is InChI=1S/C26H24N2S2/c1-3-11-21(12-4-1)19-27-23-15-7-9-17-25(23)29-30-26-18-10-8-16-24(26)28-20-22-13-5-2-6-14-22/h1-18,27-28H,19-20H2. The zero-order valence-electron chi connectivity index (χ0n) is 16.6. The molecule has 0 heterocycles. The first-order valence-electron chi connectivity index (χ1n) is 9.97. The van der Waals surface area contributed by atoms with Crippen LogP contribution in [0.2, 0.25) is 0 Å². The van der Waals surface area contributed by atoms with Gasteiger partial charge in [-0.3, -0.25) is 0 Å². The van der Waals surface area contributed by atoms with Crippen molar-refractivity contribution in [1.29, 1.82) is 0 Å². The van der Waals surface area contributed by atoms with Gasteiger partial charge in [0.05, 0.1) is 0 Å². The van der Waals surface area contributed by atoms with Gasteiger partial charge in [-0.25, -0.2) is 0 Å². The van der Waals surface area contributed by atoms with Crippen molar-refractivity contribution >= 4 is 33.0 Å². The lowest BCUT2D eigenvalue weighted by molar-refractivity contribution is 1.13. The summed E-state index contributed by atoms with van der Waals surface area (Å²) >= 11 is 0. The van der Waals surface area contributed by atoms with Crippen molar-refractivity contribution in [3.63, 3.8) is 0 Å². The van der Waals surface area contributed by atoms with Crippen LogP contribution in [0.3, 0.4) is 0 Å². The van der Waals surface area contributed by atoms with Crippen LogP contribution in [0.25, 0.3) is 0 Å². The fourth-order valence-electron chi connectivity index (χ4n) is 3.05. The van der Waals surface area contributed by atoms with Crippen molar-refractivity contribution in [2.75, 3.05) is 10.6 Å². The highest BCUT2D eigenvalue weighted by Crippen LogP contribution is 2.43. The average molecular weight is 429 g/mol. The van der Waals surface area contributed by atoms with Crippen LogP contribution < -0.4 is 10.6 Å². The first-order valence-corrected chi connectivity index (χ1v) is 12.1. The maximum Gasteiger partial charge on any atom is 0.0489 e. The molecule has 0 aliphatic heterocycles. The highest BCUT2D eigenvalue weighted by molar-refractivity contribution is 8.76. The first kappa shape index (κ1) is 20.5. The van der Waals surface area contributed by atoms with E-state index in [1.165, 1.54) is 20.9 Å². The van der Waals surface area contributed by atoms with Gasteiger partial charge < -0.3 is 10.6 Å². The third-order valence-corrected chi connectivity index (χ3v) is 7.13. The second kappa shape index (κ2) is 10.8. The predicted octanol–water partition coefficient (Wildman–Crippen LogP) is 7.71. The van der Waals surface area contributed by atoms with Gasteiger partial charge in [0, 0.05) is 34.3 Å². The average Bonchev–Trinajstić information content (AvgIpc) is 2.82. The van der Waals surface area contributed by atoms with E-state index in [0.29, 0.717) is 0 Å². The van der Waals surface area contributed by atoms with Gasteiger partial charge in [0.2, 0.25) is 0 Å². The van der Waals surface area contributed by atoms with Crippen LogP contribution >= 0.6 is 21.6 Å². The number of para-hydroxylation sites is 2. The Balaban J connectivity index is 1.40. The zero-order chi connectivity index (χ0) is 20.4. The van der Waals surface area contributed by atoms with Gasteiger partial charge in [0.1, 0.15) is 0 Å². The fraction of sp³-hybridized carbons (Fsp3) is 0.0769. The lowest BCUT2D eigenvalue weighted by Gasteiger charge is -2.14. The Hall–Kier alpha value is -2.82. The van der Waals surface area contributed by atoms with E-state index < -0.39 is 0 Å². The van der Waals surface area contributed by atoms with Gasteiger partial charge in [-0.2, -0.15) is 0 Å². The summed E-state index contributed by atoms with van der Waals surface area (Å²) in [6, 6.07) is 38.0. The summed E-state index contributed by atoms with van der Waals surface area (Å²) in [4.78, 5) is 2.47. The molecule has 0 amide bonds. The summed E-state index contributed by atoms with van der Waals surface area (Å²) in [5.74, 6) is 0. The monoisotopic (exact) mass is 428 g/mol. The molecule has 0 unspecified atom stereocenters. The minimum atomic E-state index is 0.818. The lowest BCUT2D eigenvalue weighted by Crippen LogP contribution is -2.00. The molecule has 0 atom stereocenters. The molecule has 30 heavy (non-hydrogen) atoms. The molecule has 150 valence electrons. The number of nitrogens with one attached hydrogen (secondary N) is 2. The van der Waals surface area contributed by atoms with Gasteiger partial charge in [-0.05, 0) is 35.4 Å². The Morgan fingerprint density at radius 2 is 0.800 bits per heavy atom. The Labute approximate surface area is 186 Å². The van der Waals surface area contributed by atoms with E-state index in [2.05, 4.69) is 108 Å². The molecular formula is C26H24N2S2. The second-order valence-corrected chi connectivity index (χ2v) is 9.05. The van der Waals surface area contributed by atoms with Crippen LogP contribution in [0, 0.1) is 0 Å². The van der Waals surface area contributed by atoms with Gasteiger partial charge in [0.15, 0.2) is 0 Å². The Morgan fingerprint density at radius 3 is 1.23 bits per heavy atom. The van der Waals surface area contributed by atoms with Crippen LogP contribution in [0.5, 0.6) is 0 Å². The van der Waals surface area contributed by atoms with Crippen molar-refractivity contribution in [2.24, 2.45) is 0 Å². The summed E-state index contributed by atoms with van der Waals surface area (Å²) in [6.45, 7) is 1.64. The number of benzene rings is 4. The second-order valence-electron chi connectivity index (χ2n) is 6.84. The third-order valence-electron chi connectivity index (χ3n) is 4.65. The molecule has 0 aromatic heterocycles. The molecule has 2 nitrogen and oxygen atoms in total. The maximum absolute atomic E-state index is 3.58. The molecule has 4 aromatic rings. The van der Waals surface area contributed by atoms with E-state index in [4.69, 9.17) is 0 Å². The van der Waals surface area contributed by atoms with Gasteiger partial charge in [-0.15, -0.1) is 0 Å². The molecule has 0 bridgehead atoms. The molecule has 0 saturated carbocycles. The Bertz CT molecular complexity index is 966. The van der Waals surface area contributed by atoms with E-state index in [1.54, 1.807) is 21.6 Å². The molecular weight excluding hydrogens is 404 g/mol. The third kappa shape index (κ3) is 5.85. The smallest absolute Gasteiger partial charge is 0.0489 e. The molecule has 2 N–H and O–H groups in total. The van der Waals surface area contributed by atoms with E-state index in [0.717, 1.165) is 24.5 Å². The predicted molar refractivity (Wildman–Crippen MR) is 132 cm³/mol. The highest BCUT2D eigenvalue weighted by atomic mass is 33.1. The van der Waals surface area contributed by atoms with Crippen LogP contribution in [-0.2, 0) is 13.1 Å². The molecule has 4 heteroatoms. The van der Waals surface area contributed by atoms with E-state index in [-0.39, 0.29) is 0 Å². The summed E-state index contributed by atoms with van der Waals surface area (Å²) in [5, 5.41) is 7.15. The molecule has 0 saturated heterocycles. The van der Waals surface area contributed by atoms with Crippen LogP contribution in [0.1, 0.15) is 11.1 Å². The van der Waals surface area contributed by atoms with Gasteiger partial charge in [-0.1, -0.05) is 107 Å². The Morgan fingerprint density at radius 1 is 0.433 bits per heavy atom. The molecule has 0 aliphatic carbocycles. The maximum atomic E-state index is 3.58. The van der Waals surface area contributed by atoms with E-state index >= 15 is 0 Å². The highest BCUT2D eigenvalue weighted by Gasteiger charge is 2.07. The largest absolute Gasteiger partial charge is 0.380 e. The number of hydrogen-bond donors (Lipinski definition) is 2. The van der Waals surface area contributed by atoms with Crippen LogP contribution in [0.15, 0.2) is 119 Å². The normalized spacial score (nSPS) is 10.5. The number of hydrogen-bond acceptors (Lipinski definition) is 4. The molecule has 4 rings (SSSR count). The topological polar surface area (TPSA) is 24.1 Å². The summed E-state index contributed by atoms with van der Waals surface area (Å²) in [7, 11) is 3.57. The molecule has 0 aliphatic rings. The number of rotatable bonds is 9. The zero-order valence-corrected chi connectivity index (χ0v) is 18.3. The molecule has 0 spiro atoms. The van der Waals surface area contributed by atoms with Crippen molar-refractivity contribution in [3.05, 3.63) is 120 Å². The van der Waals surface area contributed by atoms with E-state index in [1.807, 2.05) is 12.1 Å². The minimum Gasteiger partial charge on any atom is -0.380 e. The summed E-state index contributed by atoms with van der Waals surface area (Å²) < 4.78 is 0. The molecule has 0 fully saturated rings.